The van der Waals surface area contributed by atoms with E-state index in [2.05, 4.69) is 9.72 Å². The molecule has 0 aliphatic rings. The summed E-state index contributed by atoms with van der Waals surface area (Å²) in [5.74, 6) is -1.13. The third kappa shape index (κ3) is 2.48. The number of carbonyl (C=O) groups excluding carboxylic acids is 2. The van der Waals surface area contributed by atoms with Gasteiger partial charge in [-0.05, 0) is 19.4 Å². The summed E-state index contributed by atoms with van der Waals surface area (Å²) in [6.07, 6.45) is -4.49. The third-order valence-electron chi connectivity index (χ3n) is 2.17. The monoisotopic (exact) mass is 249 g/mol. The predicted molar refractivity (Wildman–Crippen MR) is 51.9 cm³/mol. The van der Waals surface area contributed by atoms with E-state index >= 15 is 0 Å². The van der Waals surface area contributed by atoms with Gasteiger partial charge in [-0.15, -0.1) is 0 Å². The van der Waals surface area contributed by atoms with Crippen LogP contribution in [0.4, 0.5) is 13.2 Å². The van der Waals surface area contributed by atoms with E-state index in [9.17, 15) is 22.8 Å². The lowest BCUT2D eigenvalue weighted by Gasteiger charge is -2.08. The van der Waals surface area contributed by atoms with Crippen LogP contribution >= 0.6 is 0 Å². The molecule has 0 saturated carbocycles. The number of H-pyrrole nitrogens is 1. The molecule has 0 radical (unpaired) electrons. The first kappa shape index (κ1) is 13.3. The van der Waals surface area contributed by atoms with Crippen molar-refractivity contribution in [1.29, 1.82) is 0 Å². The molecule has 17 heavy (non-hydrogen) atoms. The van der Waals surface area contributed by atoms with Gasteiger partial charge >= 0.3 is 12.1 Å². The van der Waals surface area contributed by atoms with Crippen molar-refractivity contribution in [3.8, 4) is 0 Å². The molecule has 0 amide bonds. The van der Waals surface area contributed by atoms with Gasteiger partial charge in [-0.3, -0.25) is 4.79 Å². The van der Waals surface area contributed by atoms with Crippen molar-refractivity contribution >= 4 is 12.3 Å². The van der Waals surface area contributed by atoms with Gasteiger partial charge in [-0.1, -0.05) is 0 Å². The normalized spacial score (nSPS) is 11.4. The predicted octanol–water partition coefficient (Wildman–Crippen LogP) is 2.33. The highest BCUT2D eigenvalue weighted by Crippen LogP contribution is 2.35. The maximum Gasteiger partial charge on any atom is 0.419 e. The quantitative estimate of drug-likeness (QED) is 0.660. The number of alkyl halides is 3. The van der Waals surface area contributed by atoms with Crippen molar-refractivity contribution in [2.24, 2.45) is 0 Å². The largest absolute Gasteiger partial charge is 0.461 e. The Kier molecular flexibility index (Phi) is 3.59. The topological polar surface area (TPSA) is 59.2 Å². The Balaban J connectivity index is 3.39. The van der Waals surface area contributed by atoms with E-state index in [0.29, 0.717) is 0 Å². The molecule has 1 aromatic heterocycles. The van der Waals surface area contributed by atoms with E-state index in [4.69, 9.17) is 0 Å². The first-order valence-electron chi connectivity index (χ1n) is 4.75. The van der Waals surface area contributed by atoms with Crippen molar-refractivity contribution < 1.29 is 27.5 Å². The fraction of sp³-hybridized carbons (Fsp3) is 0.400. The number of aromatic nitrogens is 1. The fourth-order valence-electron chi connectivity index (χ4n) is 1.44. The third-order valence-corrected chi connectivity index (χ3v) is 2.17. The number of aromatic amines is 1. The summed E-state index contributed by atoms with van der Waals surface area (Å²) in [4.78, 5) is 24.0. The number of ether oxygens (including phenoxy) is 1. The summed E-state index contributed by atoms with van der Waals surface area (Å²) in [7, 11) is 0. The molecule has 0 aliphatic carbocycles. The molecule has 1 heterocycles. The van der Waals surface area contributed by atoms with Gasteiger partial charge in [0, 0.05) is 0 Å². The summed E-state index contributed by atoms with van der Waals surface area (Å²) < 4.78 is 42.6. The lowest BCUT2D eigenvalue weighted by Crippen LogP contribution is -2.14. The highest BCUT2D eigenvalue weighted by atomic mass is 19.4. The molecule has 0 unspecified atom stereocenters. The Labute approximate surface area is 94.8 Å². The van der Waals surface area contributed by atoms with Crippen LogP contribution in [0.2, 0.25) is 0 Å². The number of hydrogen-bond donors (Lipinski definition) is 1. The maximum atomic E-state index is 12.7. The molecule has 0 fully saturated rings. The van der Waals surface area contributed by atoms with E-state index in [-0.39, 0.29) is 24.2 Å². The number of rotatable bonds is 3. The lowest BCUT2D eigenvalue weighted by atomic mass is 10.1. The second-order valence-electron chi connectivity index (χ2n) is 3.25. The van der Waals surface area contributed by atoms with E-state index in [0.717, 1.165) is 6.92 Å². The zero-order valence-electron chi connectivity index (χ0n) is 9.14. The maximum absolute atomic E-state index is 12.7. The smallest absolute Gasteiger partial charge is 0.419 e. The molecule has 1 N–H and O–H groups in total. The molecule has 4 nitrogen and oxygen atoms in total. The minimum atomic E-state index is -4.72. The van der Waals surface area contributed by atoms with E-state index < -0.39 is 23.4 Å². The minimum absolute atomic E-state index is 0.0510. The summed E-state index contributed by atoms with van der Waals surface area (Å²) in [6, 6.07) is 0. The first-order valence-corrected chi connectivity index (χ1v) is 4.75. The van der Waals surface area contributed by atoms with Gasteiger partial charge in [0.2, 0.25) is 0 Å². The van der Waals surface area contributed by atoms with Gasteiger partial charge < -0.3 is 9.72 Å². The highest BCUT2D eigenvalue weighted by Gasteiger charge is 2.40. The zero-order valence-corrected chi connectivity index (χ0v) is 9.14. The van der Waals surface area contributed by atoms with E-state index in [1.165, 1.54) is 6.92 Å². The number of hydrogen-bond acceptors (Lipinski definition) is 3. The van der Waals surface area contributed by atoms with Crippen molar-refractivity contribution in [1.82, 2.24) is 4.98 Å². The highest BCUT2D eigenvalue weighted by molar-refractivity contribution is 5.92. The SMILES string of the molecule is CCOC(=O)c1[nH]c(C=O)c(C)c1C(F)(F)F. The van der Waals surface area contributed by atoms with Crippen LogP contribution in [0.5, 0.6) is 0 Å². The van der Waals surface area contributed by atoms with E-state index in [1.54, 1.807) is 0 Å². The standard InChI is InChI=1S/C10H10F3NO3/c1-3-17-9(16)8-7(10(11,12)13)5(2)6(4-15)14-8/h4,14H,3H2,1-2H3. The van der Waals surface area contributed by atoms with Crippen LogP contribution in [-0.2, 0) is 10.9 Å². The zero-order chi connectivity index (χ0) is 13.2. The molecule has 94 valence electrons. The van der Waals surface area contributed by atoms with Crippen molar-refractivity contribution in [3.05, 3.63) is 22.5 Å². The van der Waals surface area contributed by atoms with Crippen LogP contribution in [0.25, 0.3) is 0 Å². The summed E-state index contributed by atoms with van der Waals surface area (Å²) in [5.41, 5.74) is -2.48. The van der Waals surface area contributed by atoms with E-state index in [1.807, 2.05) is 0 Å². The van der Waals surface area contributed by atoms with Gasteiger partial charge in [-0.25, -0.2) is 4.79 Å². The van der Waals surface area contributed by atoms with Crippen molar-refractivity contribution in [2.75, 3.05) is 6.61 Å². The molecule has 1 aromatic rings. The molecule has 0 aromatic carbocycles. The van der Waals surface area contributed by atoms with Crippen LogP contribution < -0.4 is 0 Å². The molecule has 7 heteroatoms. The second-order valence-corrected chi connectivity index (χ2v) is 3.25. The average molecular weight is 249 g/mol. The van der Waals surface area contributed by atoms with Crippen molar-refractivity contribution in [3.63, 3.8) is 0 Å². The molecule has 0 saturated heterocycles. The number of esters is 1. The number of aldehydes is 1. The fourth-order valence-corrected chi connectivity index (χ4v) is 1.44. The molecule has 0 aliphatic heterocycles. The lowest BCUT2D eigenvalue weighted by molar-refractivity contribution is -0.138. The Morgan fingerprint density at radius 2 is 2.06 bits per heavy atom. The average Bonchev–Trinajstić information content (AvgIpc) is 2.55. The first-order chi connectivity index (χ1) is 7.82. The molecule has 0 spiro atoms. The van der Waals surface area contributed by atoms with Gasteiger partial charge in [0.1, 0.15) is 5.69 Å². The summed E-state index contributed by atoms with van der Waals surface area (Å²) in [5, 5.41) is 0. The molecule has 1 rings (SSSR count). The van der Waals surface area contributed by atoms with Gasteiger partial charge in [0.25, 0.3) is 0 Å². The number of halogens is 3. The van der Waals surface area contributed by atoms with Crippen LogP contribution in [0.3, 0.4) is 0 Å². The number of carbonyl (C=O) groups is 2. The van der Waals surface area contributed by atoms with Gasteiger partial charge in [-0.2, -0.15) is 13.2 Å². The second kappa shape index (κ2) is 4.60. The minimum Gasteiger partial charge on any atom is -0.461 e. The Bertz CT molecular complexity index is 448. The van der Waals surface area contributed by atoms with Gasteiger partial charge in [0.15, 0.2) is 6.29 Å². The molecule has 0 atom stereocenters. The van der Waals surface area contributed by atoms with Crippen molar-refractivity contribution in [2.45, 2.75) is 20.0 Å². The molecular formula is C10H10F3NO3. The molecule has 0 bridgehead atoms. The van der Waals surface area contributed by atoms with Crippen LogP contribution in [0.15, 0.2) is 0 Å². The Morgan fingerprint density at radius 1 is 1.47 bits per heavy atom. The van der Waals surface area contributed by atoms with Crippen LogP contribution in [0.1, 0.15) is 39.0 Å². The van der Waals surface area contributed by atoms with Crippen LogP contribution in [0, 0.1) is 6.92 Å². The Hall–Kier alpha value is -1.79. The summed E-state index contributed by atoms with van der Waals surface area (Å²) >= 11 is 0. The number of nitrogens with one attached hydrogen (secondary N) is 1. The summed E-state index contributed by atoms with van der Waals surface area (Å²) in [6.45, 7) is 2.54. The van der Waals surface area contributed by atoms with Crippen LogP contribution in [-0.4, -0.2) is 23.8 Å². The van der Waals surface area contributed by atoms with Gasteiger partial charge in [0.05, 0.1) is 17.9 Å². The Morgan fingerprint density at radius 3 is 2.47 bits per heavy atom. The molecular weight excluding hydrogens is 239 g/mol.